The normalized spacial score (nSPS) is 15.0. The van der Waals surface area contributed by atoms with Crippen molar-refractivity contribution in [3.05, 3.63) is 75.2 Å². The minimum atomic E-state index is -0.384. The first-order valence-electron chi connectivity index (χ1n) is 14.2. The molecule has 0 aliphatic carbocycles. The van der Waals surface area contributed by atoms with E-state index in [0.717, 1.165) is 61.0 Å². The Morgan fingerprint density at radius 3 is 2.81 bits per heavy atom. The molecule has 2 aliphatic rings. The van der Waals surface area contributed by atoms with Crippen molar-refractivity contribution in [1.29, 1.82) is 0 Å². The van der Waals surface area contributed by atoms with Crippen LogP contribution in [0.2, 0.25) is 0 Å². The first-order chi connectivity index (χ1) is 20.4. The topological polar surface area (TPSA) is 126 Å². The lowest BCUT2D eigenvalue weighted by Crippen LogP contribution is -2.30. The molecule has 0 bridgehead atoms. The number of aliphatic hydroxyl groups is 1. The lowest BCUT2D eigenvalue weighted by molar-refractivity contribution is -0.107. The van der Waals surface area contributed by atoms with Gasteiger partial charge in [-0.1, -0.05) is 0 Å². The number of aromatic nitrogens is 5. The average molecular weight is 570 g/mol. The smallest absolute Gasteiger partial charge is 0.274 e. The van der Waals surface area contributed by atoms with Gasteiger partial charge in [0.2, 0.25) is 6.41 Å². The van der Waals surface area contributed by atoms with Gasteiger partial charge in [0.1, 0.15) is 5.69 Å². The maximum Gasteiger partial charge on any atom is 0.274 e. The number of aliphatic hydroxyl groups excluding tert-OH is 1. The first-order valence-corrected chi connectivity index (χ1v) is 14.2. The fraction of sp³-hybridized carbons (Fsp3) is 0.367. The van der Waals surface area contributed by atoms with Crippen LogP contribution in [0, 0.1) is 6.92 Å². The molecule has 4 aromatic rings. The van der Waals surface area contributed by atoms with E-state index in [2.05, 4.69) is 43.1 Å². The second kappa shape index (κ2) is 11.4. The second-order valence-corrected chi connectivity index (χ2v) is 11.0. The quantitative estimate of drug-likeness (QED) is 0.190. The lowest BCUT2D eigenvalue weighted by atomic mass is 10.0. The predicted octanol–water partition coefficient (Wildman–Crippen LogP) is 2.77. The van der Waals surface area contributed by atoms with Crippen molar-refractivity contribution in [2.24, 2.45) is 12.1 Å². The van der Waals surface area contributed by atoms with E-state index < -0.39 is 0 Å². The highest BCUT2D eigenvalue weighted by Gasteiger charge is 2.20. The third kappa shape index (κ3) is 5.14. The molecule has 2 N–H and O–H groups in total. The van der Waals surface area contributed by atoms with E-state index in [0.29, 0.717) is 34.6 Å². The molecule has 0 spiro atoms. The summed E-state index contributed by atoms with van der Waals surface area (Å²) in [6.07, 6.45) is 8.84. The van der Waals surface area contributed by atoms with Crippen LogP contribution in [0.1, 0.15) is 41.1 Å². The number of nitrogens with one attached hydrogen (secondary N) is 1. The van der Waals surface area contributed by atoms with Gasteiger partial charge in [-0.3, -0.25) is 19.2 Å². The Balaban J connectivity index is 1.34. The van der Waals surface area contributed by atoms with E-state index >= 15 is 0 Å². The van der Waals surface area contributed by atoms with E-state index in [4.69, 9.17) is 0 Å². The molecule has 6 rings (SSSR count). The summed E-state index contributed by atoms with van der Waals surface area (Å²) in [6, 6.07) is 7.61. The van der Waals surface area contributed by atoms with Gasteiger partial charge in [-0.15, -0.1) is 0 Å². The summed E-state index contributed by atoms with van der Waals surface area (Å²) in [5.74, 6) is 0.815. The minimum absolute atomic E-state index is 0.216. The summed E-state index contributed by atoms with van der Waals surface area (Å²) in [6.45, 7) is 5.06. The van der Waals surface area contributed by atoms with E-state index in [1.165, 1.54) is 16.7 Å². The summed E-state index contributed by atoms with van der Waals surface area (Å²) in [7, 11) is 3.74. The lowest BCUT2D eigenvalue weighted by Gasteiger charge is -2.22. The number of amides is 1. The third-order valence-corrected chi connectivity index (χ3v) is 8.05. The predicted molar refractivity (Wildman–Crippen MR) is 161 cm³/mol. The molecule has 218 valence electrons. The summed E-state index contributed by atoms with van der Waals surface area (Å²) in [5, 5.41) is 23.9. The van der Waals surface area contributed by atoms with Crippen LogP contribution in [0.3, 0.4) is 0 Å². The highest BCUT2D eigenvalue weighted by Crippen LogP contribution is 2.31. The molecule has 12 nitrogen and oxygen atoms in total. The third-order valence-electron chi connectivity index (χ3n) is 8.05. The van der Waals surface area contributed by atoms with Crippen LogP contribution in [0.25, 0.3) is 11.1 Å². The molecule has 12 heteroatoms. The number of hydrogen-bond acceptors (Lipinski definition) is 8. The van der Waals surface area contributed by atoms with Crippen molar-refractivity contribution in [3.63, 3.8) is 0 Å². The molecule has 0 atom stereocenters. The molecule has 0 saturated carbocycles. The number of nitrogens with zero attached hydrogens (tertiary/aromatic N) is 8. The minimum Gasteiger partial charge on any atom is -0.392 e. The molecule has 0 fully saturated rings. The molecular weight excluding hydrogens is 534 g/mol. The van der Waals surface area contributed by atoms with Gasteiger partial charge in [0.25, 0.3) is 5.56 Å². The maximum atomic E-state index is 13.1. The highest BCUT2D eigenvalue weighted by atomic mass is 16.3. The number of anilines is 3. The number of pyridine rings is 2. The number of hydrazone groups is 1. The molecule has 42 heavy (non-hydrogen) atoms. The summed E-state index contributed by atoms with van der Waals surface area (Å²) in [5.41, 5.74) is 6.25. The molecule has 0 aromatic carbocycles. The number of carbonyl (C=O) groups excluding carboxylic acids is 1. The number of rotatable bonds is 8. The first kappa shape index (κ1) is 27.6. The average Bonchev–Trinajstić information content (AvgIpc) is 3.54. The van der Waals surface area contributed by atoms with Crippen molar-refractivity contribution >= 4 is 29.9 Å². The largest absolute Gasteiger partial charge is 0.392 e. The van der Waals surface area contributed by atoms with Crippen molar-refractivity contribution in [1.82, 2.24) is 28.8 Å². The molecule has 4 aromatic heterocycles. The number of likely N-dealkylation sites (N-methyl/N-ethyl adjacent to an activating group) is 1. The summed E-state index contributed by atoms with van der Waals surface area (Å²) >= 11 is 0. The van der Waals surface area contributed by atoms with Gasteiger partial charge >= 0.3 is 0 Å². The second-order valence-electron chi connectivity index (χ2n) is 11.0. The van der Waals surface area contributed by atoms with Crippen molar-refractivity contribution in [2.45, 2.75) is 52.4 Å². The number of aryl methyl sites for hydroxylation is 3. The number of hydrogen-bond donors (Lipinski definition) is 2. The van der Waals surface area contributed by atoms with Gasteiger partial charge in [0.15, 0.2) is 11.6 Å². The van der Waals surface area contributed by atoms with E-state index in [1.54, 1.807) is 37.8 Å². The van der Waals surface area contributed by atoms with Crippen molar-refractivity contribution < 1.29 is 9.90 Å². The molecule has 6 heterocycles. The van der Waals surface area contributed by atoms with Gasteiger partial charge in [-0.25, -0.2) is 4.98 Å². The zero-order valence-corrected chi connectivity index (χ0v) is 24.1. The Hall–Kier alpha value is -4.55. The fourth-order valence-electron chi connectivity index (χ4n) is 5.89. The zero-order chi connectivity index (χ0) is 29.4. The molecule has 1 amide bonds. The molecule has 2 aliphatic heterocycles. The van der Waals surface area contributed by atoms with Gasteiger partial charge in [-0.2, -0.15) is 15.2 Å². The van der Waals surface area contributed by atoms with Crippen molar-refractivity contribution in [2.75, 3.05) is 23.9 Å². The van der Waals surface area contributed by atoms with E-state index in [-0.39, 0.29) is 18.0 Å². The summed E-state index contributed by atoms with van der Waals surface area (Å²) < 4.78 is 5.68. The van der Waals surface area contributed by atoms with Gasteiger partial charge in [-0.05, 0) is 62.6 Å². The van der Waals surface area contributed by atoms with Crippen LogP contribution in [-0.2, 0) is 44.5 Å². The van der Waals surface area contributed by atoms with Crippen LogP contribution in [0.15, 0.2) is 46.6 Å². The monoisotopic (exact) mass is 569 g/mol. The highest BCUT2D eigenvalue weighted by molar-refractivity contribution is 5.86. The standard InChI is InChI=1S/C30H35N9O3/c1-20-12-22-6-4-5-9-37(22)27(20)15-32-39(19-41)29-25(18-40)24(7-8-31-29)21-13-26(30(42)36(3)16-21)33-28-14-23-17-35(2)10-11-38(23)34-28/h7-8,12-16,19,40H,4-6,9-11,17-18H2,1-3H3,(H,33,34)/b32-15-. The number of carbonyl (C=O) groups is 1. The molecule has 0 unspecified atom stereocenters. The Morgan fingerprint density at radius 2 is 2.00 bits per heavy atom. The molecule has 0 saturated heterocycles. The summed E-state index contributed by atoms with van der Waals surface area (Å²) in [4.78, 5) is 31.9. The molecule has 0 radical (unpaired) electrons. The van der Waals surface area contributed by atoms with E-state index in [9.17, 15) is 14.7 Å². The maximum absolute atomic E-state index is 13.1. The Labute approximate surface area is 243 Å². The van der Waals surface area contributed by atoms with E-state index in [1.807, 2.05) is 17.7 Å². The Kier molecular flexibility index (Phi) is 7.48. The van der Waals surface area contributed by atoms with Crippen LogP contribution >= 0.6 is 0 Å². The van der Waals surface area contributed by atoms with Gasteiger partial charge < -0.3 is 19.6 Å². The molecular formula is C30H35N9O3. The Morgan fingerprint density at radius 1 is 1.14 bits per heavy atom. The van der Waals surface area contributed by atoms with Crippen LogP contribution < -0.4 is 15.9 Å². The van der Waals surface area contributed by atoms with Crippen molar-refractivity contribution in [3.8, 4) is 11.1 Å². The number of fused-ring (bicyclic) bond motifs is 2. The SMILES string of the molecule is Cc1cc2n(c1/C=N\N(C=O)c1nccc(-c3cc(Nc4cc5n(n4)CCN(C)C5)c(=O)n(C)c3)c1CO)CCCC2. The van der Waals surface area contributed by atoms with Crippen LogP contribution in [0.4, 0.5) is 17.3 Å². The van der Waals surface area contributed by atoms with Gasteiger partial charge in [0.05, 0.1) is 30.8 Å². The van der Waals surface area contributed by atoms with Gasteiger partial charge in [0, 0.05) is 62.0 Å². The fourth-order valence-corrected chi connectivity index (χ4v) is 5.89. The van der Waals surface area contributed by atoms with Crippen LogP contribution in [0.5, 0.6) is 0 Å². The van der Waals surface area contributed by atoms with Crippen LogP contribution in [-0.4, -0.2) is 60.1 Å². The zero-order valence-electron chi connectivity index (χ0n) is 24.1. The Bertz CT molecular complexity index is 1730.